The van der Waals surface area contributed by atoms with Crippen molar-refractivity contribution < 1.29 is 28.3 Å². The lowest BCUT2D eigenvalue weighted by atomic mass is 9.98. The van der Waals surface area contributed by atoms with Crippen LogP contribution in [-0.4, -0.2) is 41.7 Å². The molecule has 0 aromatic carbocycles. The Bertz CT molecular complexity index is 885. The van der Waals surface area contributed by atoms with Gasteiger partial charge in [0, 0.05) is 6.61 Å². The van der Waals surface area contributed by atoms with E-state index in [0.29, 0.717) is 24.9 Å². The Kier molecular flexibility index (Phi) is 10.3. The summed E-state index contributed by atoms with van der Waals surface area (Å²) in [6, 6.07) is 3.95. The van der Waals surface area contributed by atoms with Crippen molar-refractivity contribution in [2.75, 3.05) is 6.61 Å². The molecule has 1 aliphatic carbocycles. The van der Waals surface area contributed by atoms with Gasteiger partial charge in [0.1, 0.15) is 11.4 Å². The number of ether oxygens (including phenoxy) is 4. The molecular formula is C26H38N2O6. The van der Waals surface area contributed by atoms with Crippen molar-refractivity contribution in [2.24, 2.45) is 0 Å². The molecule has 3 heterocycles. The topological polar surface area (TPSA) is 92.9 Å². The minimum absolute atomic E-state index is 0.0301. The molecule has 0 amide bonds. The van der Waals surface area contributed by atoms with Gasteiger partial charge in [-0.2, -0.15) is 0 Å². The number of carbonyl (C=O) groups is 1. The van der Waals surface area contributed by atoms with E-state index in [9.17, 15) is 4.79 Å². The van der Waals surface area contributed by atoms with E-state index >= 15 is 0 Å². The van der Waals surface area contributed by atoms with Gasteiger partial charge in [0.25, 0.3) is 6.47 Å². The molecule has 0 bridgehead atoms. The van der Waals surface area contributed by atoms with Crippen LogP contribution >= 0.6 is 0 Å². The molecule has 1 atom stereocenters. The second-order valence-corrected chi connectivity index (χ2v) is 9.12. The van der Waals surface area contributed by atoms with Crippen LogP contribution in [0.25, 0.3) is 11.5 Å². The molecule has 2 aromatic rings. The van der Waals surface area contributed by atoms with Gasteiger partial charge < -0.3 is 23.5 Å². The molecule has 1 saturated heterocycles. The summed E-state index contributed by atoms with van der Waals surface area (Å²) in [4.78, 5) is 14.1. The van der Waals surface area contributed by atoms with Gasteiger partial charge in [-0.15, -0.1) is 0 Å². The Morgan fingerprint density at radius 2 is 1.82 bits per heavy atom. The summed E-state index contributed by atoms with van der Waals surface area (Å²) in [5.41, 5.74) is 3.40. The Labute approximate surface area is 202 Å². The van der Waals surface area contributed by atoms with E-state index in [1.807, 2.05) is 26.0 Å². The van der Waals surface area contributed by atoms with Crippen LogP contribution in [0.3, 0.4) is 0 Å². The summed E-state index contributed by atoms with van der Waals surface area (Å²) in [6.45, 7) is 9.14. The molecule has 0 N–H and O–H groups in total. The van der Waals surface area contributed by atoms with Gasteiger partial charge in [-0.05, 0) is 84.8 Å². The summed E-state index contributed by atoms with van der Waals surface area (Å²) in [5, 5.41) is 4.14. The number of carbonyl (C=O) groups excluding carboxylic acids is 1. The fourth-order valence-electron chi connectivity index (χ4n) is 4.05. The highest BCUT2D eigenvalue weighted by atomic mass is 16.7. The standard InChI is InChI=1S/C22H30N2O4.C4H8O2/c1-15-18(14-26-21-10-6-7-13-25-21)22(28-24-15)19-11-12-20(16(2)23-19)27-17-8-4-3-5-9-17;1-4(2)6-3-5/h11-12,17,21H,3-10,13-14H2,1-2H3;3-4H,1-2H3. The summed E-state index contributed by atoms with van der Waals surface area (Å²) >= 11 is 0. The van der Waals surface area contributed by atoms with Gasteiger partial charge in [0.15, 0.2) is 12.1 Å². The summed E-state index contributed by atoms with van der Waals surface area (Å²) in [6.07, 6.45) is 9.47. The zero-order valence-electron chi connectivity index (χ0n) is 20.9. The molecule has 2 aliphatic rings. The number of hydrogen-bond donors (Lipinski definition) is 0. The number of aromatic nitrogens is 2. The highest BCUT2D eigenvalue weighted by Gasteiger charge is 2.21. The predicted molar refractivity (Wildman–Crippen MR) is 127 cm³/mol. The highest BCUT2D eigenvalue weighted by Crippen LogP contribution is 2.30. The van der Waals surface area contributed by atoms with Crippen LogP contribution in [0, 0.1) is 13.8 Å². The molecule has 1 aliphatic heterocycles. The second kappa shape index (κ2) is 13.4. The van der Waals surface area contributed by atoms with E-state index in [1.54, 1.807) is 13.8 Å². The Morgan fingerprint density at radius 3 is 2.44 bits per heavy atom. The SMILES string of the molecule is CC(C)OC=O.Cc1nc(-c2onc(C)c2COC2CCCCO2)ccc1OC1CCCCC1. The fraction of sp³-hybridized carbons (Fsp3) is 0.654. The number of pyridine rings is 1. The van der Waals surface area contributed by atoms with Crippen LogP contribution in [0.1, 0.15) is 82.2 Å². The average Bonchev–Trinajstić information content (AvgIpc) is 3.21. The molecule has 8 nitrogen and oxygen atoms in total. The molecule has 34 heavy (non-hydrogen) atoms. The van der Waals surface area contributed by atoms with Crippen LogP contribution in [0.15, 0.2) is 16.7 Å². The molecule has 188 valence electrons. The van der Waals surface area contributed by atoms with Crippen LogP contribution < -0.4 is 4.74 Å². The fourth-order valence-corrected chi connectivity index (χ4v) is 4.05. The lowest BCUT2D eigenvalue weighted by Crippen LogP contribution is -2.22. The minimum Gasteiger partial charge on any atom is -0.489 e. The van der Waals surface area contributed by atoms with Crippen LogP contribution in [0.2, 0.25) is 0 Å². The first-order chi connectivity index (χ1) is 16.5. The summed E-state index contributed by atoms with van der Waals surface area (Å²) < 4.78 is 27.8. The van der Waals surface area contributed by atoms with E-state index in [2.05, 4.69) is 9.89 Å². The van der Waals surface area contributed by atoms with Gasteiger partial charge in [-0.25, -0.2) is 4.98 Å². The third-order valence-corrected chi connectivity index (χ3v) is 5.98. The molecule has 1 saturated carbocycles. The quantitative estimate of drug-likeness (QED) is 0.451. The van der Waals surface area contributed by atoms with E-state index in [-0.39, 0.29) is 12.4 Å². The lowest BCUT2D eigenvalue weighted by molar-refractivity contribution is -0.168. The van der Waals surface area contributed by atoms with Crippen LogP contribution in [0.5, 0.6) is 5.75 Å². The molecular weight excluding hydrogens is 436 g/mol. The number of hydrogen-bond acceptors (Lipinski definition) is 8. The van der Waals surface area contributed by atoms with Crippen molar-refractivity contribution in [2.45, 2.75) is 104 Å². The van der Waals surface area contributed by atoms with Crippen molar-refractivity contribution in [1.82, 2.24) is 10.1 Å². The largest absolute Gasteiger partial charge is 0.489 e. The van der Waals surface area contributed by atoms with Crippen molar-refractivity contribution in [1.29, 1.82) is 0 Å². The Morgan fingerprint density at radius 1 is 1.06 bits per heavy atom. The molecule has 0 radical (unpaired) electrons. The lowest BCUT2D eigenvalue weighted by Gasteiger charge is -2.23. The normalized spacial score (nSPS) is 18.8. The Hall–Kier alpha value is -2.45. The predicted octanol–water partition coefficient (Wildman–Crippen LogP) is 5.68. The minimum atomic E-state index is -0.142. The van der Waals surface area contributed by atoms with Crippen molar-refractivity contribution in [3.63, 3.8) is 0 Å². The first kappa shape index (κ1) is 26.2. The zero-order chi connectivity index (χ0) is 24.3. The average molecular weight is 475 g/mol. The third kappa shape index (κ3) is 7.81. The van der Waals surface area contributed by atoms with Gasteiger partial charge in [-0.1, -0.05) is 11.6 Å². The maximum absolute atomic E-state index is 9.39. The third-order valence-electron chi connectivity index (χ3n) is 5.98. The highest BCUT2D eigenvalue weighted by molar-refractivity contribution is 5.58. The van der Waals surface area contributed by atoms with Crippen molar-refractivity contribution in [3.05, 3.63) is 29.1 Å². The van der Waals surface area contributed by atoms with Crippen molar-refractivity contribution in [3.8, 4) is 17.2 Å². The molecule has 2 fully saturated rings. The Balaban J connectivity index is 0.000000481. The number of aryl methyl sites for hydroxylation is 2. The molecule has 4 rings (SSSR count). The van der Waals surface area contributed by atoms with E-state index in [1.165, 1.54) is 19.3 Å². The maximum Gasteiger partial charge on any atom is 0.293 e. The number of nitrogens with zero attached hydrogens (tertiary/aromatic N) is 2. The van der Waals surface area contributed by atoms with Gasteiger partial charge in [0.05, 0.1) is 35.8 Å². The van der Waals surface area contributed by atoms with Crippen LogP contribution in [0.4, 0.5) is 0 Å². The monoisotopic (exact) mass is 474 g/mol. The molecule has 2 aromatic heterocycles. The van der Waals surface area contributed by atoms with Gasteiger partial charge in [0.2, 0.25) is 0 Å². The second-order valence-electron chi connectivity index (χ2n) is 9.12. The van der Waals surface area contributed by atoms with Gasteiger partial charge in [-0.3, -0.25) is 4.79 Å². The maximum atomic E-state index is 9.39. The van der Waals surface area contributed by atoms with Crippen molar-refractivity contribution >= 4 is 6.47 Å². The molecule has 1 unspecified atom stereocenters. The molecule has 0 spiro atoms. The van der Waals surface area contributed by atoms with Gasteiger partial charge >= 0.3 is 0 Å². The molecule has 8 heteroatoms. The smallest absolute Gasteiger partial charge is 0.293 e. The zero-order valence-corrected chi connectivity index (χ0v) is 20.9. The first-order valence-electron chi connectivity index (χ1n) is 12.4. The van der Waals surface area contributed by atoms with Crippen LogP contribution in [-0.2, 0) is 25.6 Å². The summed E-state index contributed by atoms with van der Waals surface area (Å²) in [5.74, 6) is 1.53. The van der Waals surface area contributed by atoms with E-state index in [0.717, 1.165) is 67.1 Å². The first-order valence-corrected chi connectivity index (χ1v) is 12.4. The van der Waals surface area contributed by atoms with E-state index < -0.39 is 0 Å². The summed E-state index contributed by atoms with van der Waals surface area (Å²) in [7, 11) is 0. The number of rotatable bonds is 8. The van der Waals surface area contributed by atoms with E-state index in [4.69, 9.17) is 23.7 Å².